The third kappa shape index (κ3) is 5.26. The zero-order chi connectivity index (χ0) is 10.8. The summed E-state index contributed by atoms with van der Waals surface area (Å²) in [6.45, 7) is 7.15. The Bertz CT molecular complexity index is 180. The van der Waals surface area contributed by atoms with Crippen molar-refractivity contribution in [3.05, 3.63) is 0 Å². The Morgan fingerprint density at radius 1 is 1.36 bits per heavy atom. The number of nitrogens with one attached hydrogen (secondary N) is 1. The van der Waals surface area contributed by atoms with Crippen molar-refractivity contribution in [1.82, 2.24) is 5.32 Å². The van der Waals surface area contributed by atoms with Crippen LogP contribution in [0.4, 0.5) is 0 Å². The molecule has 0 radical (unpaired) electrons. The fraction of sp³-hybridized carbons (Fsp3) is 0.833. The van der Waals surface area contributed by atoms with E-state index in [2.05, 4.69) is 31.0 Å². The molecule has 0 fully saturated rings. The van der Waals surface area contributed by atoms with Gasteiger partial charge in [0.1, 0.15) is 0 Å². The van der Waals surface area contributed by atoms with Gasteiger partial charge in [0.2, 0.25) is 0 Å². The second-order valence-corrected chi connectivity index (χ2v) is 3.36. The van der Waals surface area contributed by atoms with Gasteiger partial charge in [0.25, 0.3) is 0 Å². The predicted molar refractivity (Wildman–Crippen MR) is 61.2 cm³/mol. The maximum absolute atomic E-state index is 5.47. The van der Waals surface area contributed by atoms with Crippen LogP contribution in [0.3, 0.4) is 0 Å². The molecule has 14 heavy (non-hydrogen) atoms. The summed E-state index contributed by atoms with van der Waals surface area (Å²) in [5.41, 5.74) is 0. The maximum Gasteiger partial charge on any atom is 0.0733 e. The highest BCUT2D eigenvalue weighted by molar-refractivity contribution is 4.99. The zero-order valence-electron chi connectivity index (χ0n) is 9.89. The van der Waals surface area contributed by atoms with Gasteiger partial charge < -0.3 is 10.1 Å². The Labute approximate surface area is 88.4 Å². The molecule has 0 saturated heterocycles. The first-order valence-corrected chi connectivity index (χ1v) is 5.45. The summed E-state index contributed by atoms with van der Waals surface area (Å²) in [7, 11) is 1.78. The normalized spacial score (nSPS) is 14.3. The molecule has 0 aromatic carbocycles. The van der Waals surface area contributed by atoms with Crippen LogP contribution in [-0.4, -0.2) is 25.8 Å². The van der Waals surface area contributed by atoms with E-state index in [0.717, 1.165) is 25.8 Å². The lowest BCUT2D eigenvalue weighted by atomic mass is 10.0. The summed E-state index contributed by atoms with van der Waals surface area (Å²) < 4.78 is 5.47. The monoisotopic (exact) mass is 197 g/mol. The predicted octanol–water partition coefficient (Wildman–Crippen LogP) is 2.19. The third-order valence-electron chi connectivity index (χ3n) is 2.29. The summed E-state index contributed by atoms with van der Waals surface area (Å²) in [5.74, 6) is 6.05. The van der Waals surface area contributed by atoms with Gasteiger partial charge in [0.15, 0.2) is 0 Å². The molecular formula is C12H23NO. The fourth-order valence-corrected chi connectivity index (χ4v) is 1.58. The molecule has 0 aromatic rings. The van der Waals surface area contributed by atoms with Crippen molar-refractivity contribution in [3.8, 4) is 11.8 Å². The molecule has 0 saturated carbocycles. The van der Waals surface area contributed by atoms with Crippen LogP contribution in [0.5, 0.6) is 0 Å². The SMILES string of the molecule is CC#CCC(NCC)C(CCC)OC. The largest absolute Gasteiger partial charge is 0.380 e. The average molecular weight is 197 g/mol. The second kappa shape index (κ2) is 9.05. The highest BCUT2D eigenvalue weighted by Crippen LogP contribution is 2.09. The molecular weight excluding hydrogens is 174 g/mol. The van der Waals surface area contributed by atoms with Crippen LogP contribution in [0.1, 0.15) is 40.0 Å². The van der Waals surface area contributed by atoms with Gasteiger partial charge in [0, 0.05) is 19.6 Å². The molecule has 0 aliphatic rings. The van der Waals surface area contributed by atoms with Crippen molar-refractivity contribution in [3.63, 3.8) is 0 Å². The lowest BCUT2D eigenvalue weighted by Gasteiger charge is -2.24. The van der Waals surface area contributed by atoms with E-state index in [4.69, 9.17) is 4.74 Å². The number of hydrogen-bond donors (Lipinski definition) is 1. The molecule has 2 unspecified atom stereocenters. The van der Waals surface area contributed by atoms with E-state index < -0.39 is 0 Å². The van der Waals surface area contributed by atoms with Gasteiger partial charge in [-0.05, 0) is 19.9 Å². The third-order valence-corrected chi connectivity index (χ3v) is 2.29. The summed E-state index contributed by atoms with van der Waals surface area (Å²) in [6.07, 6.45) is 3.42. The Kier molecular flexibility index (Phi) is 8.72. The molecule has 0 heterocycles. The van der Waals surface area contributed by atoms with Gasteiger partial charge in [0.05, 0.1) is 6.10 Å². The minimum absolute atomic E-state index is 0.292. The van der Waals surface area contributed by atoms with Crippen molar-refractivity contribution < 1.29 is 4.74 Å². The van der Waals surface area contributed by atoms with Crippen LogP contribution in [0, 0.1) is 11.8 Å². The molecule has 0 rings (SSSR count). The van der Waals surface area contributed by atoms with E-state index in [1.165, 1.54) is 0 Å². The second-order valence-electron chi connectivity index (χ2n) is 3.36. The Morgan fingerprint density at radius 2 is 2.07 bits per heavy atom. The molecule has 0 bridgehead atoms. The quantitative estimate of drug-likeness (QED) is 0.632. The number of ether oxygens (including phenoxy) is 1. The van der Waals surface area contributed by atoms with E-state index in [0.29, 0.717) is 12.1 Å². The van der Waals surface area contributed by atoms with Gasteiger partial charge in [-0.15, -0.1) is 11.8 Å². The van der Waals surface area contributed by atoms with Gasteiger partial charge in [-0.3, -0.25) is 0 Å². The summed E-state index contributed by atoms with van der Waals surface area (Å²) >= 11 is 0. The average Bonchev–Trinajstić information content (AvgIpc) is 2.21. The first-order chi connectivity index (χ1) is 6.79. The molecule has 1 N–H and O–H groups in total. The van der Waals surface area contributed by atoms with Crippen molar-refractivity contribution in [2.45, 2.75) is 52.2 Å². The summed E-state index contributed by atoms with van der Waals surface area (Å²) in [5, 5.41) is 3.43. The van der Waals surface area contributed by atoms with Crippen molar-refractivity contribution in [2.75, 3.05) is 13.7 Å². The molecule has 0 spiro atoms. The standard InChI is InChI=1S/C12H23NO/c1-5-8-10-11(13-7-3)12(14-4)9-6-2/h11-13H,6-7,9-10H2,1-4H3. The first-order valence-electron chi connectivity index (χ1n) is 5.45. The molecule has 2 atom stereocenters. The molecule has 82 valence electrons. The fourth-order valence-electron chi connectivity index (χ4n) is 1.58. The Hall–Kier alpha value is -0.520. The molecule has 0 aliphatic carbocycles. The van der Waals surface area contributed by atoms with Gasteiger partial charge in [-0.1, -0.05) is 20.3 Å². The first kappa shape index (κ1) is 13.5. The van der Waals surface area contributed by atoms with Gasteiger partial charge in [-0.2, -0.15) is 0 Å². The van der Waals surface area contributed by atoms with E-state index in [-0.39, 0.29) is 0 Å². The molecule has 0 amide bonds. The van der Waals surface area contributed by atoms with Crippen LogP contribution in [-0.2, 0) is 4.74 Å². The van der Waals surface area contributed by atoms with Crippen LogP contribution in [0.2, 0.25) is 0 Å². The molecule has 2 heteroatoms. The topological polar surface area (TPSA) is 21.3 Å². The van der Waals surface area contributed by atoms with Crippen molar-refractivity contribution in [1.29, 1.82) is 0 Å². The van der Waals surface area contributed by atoms with E-state index in [1.807, 2.05) is 6.92 Å². The van der Waals surface area contributed by atoms with Crippen LogP contribution in [0.25, 0.3) is 0 Å². The summed E-state index contributed by atoms with van der Waals surface area (Å²) in [4.78, 5) is 0. The smallest absolute Gasteiger partial charge is 0.0733 e. The Morgan fingerprint density at radius 3 is 2.50 bits per heavy atom. The van der Waals surface area contributed by atoms with Crippen molar-refractivity contribution in [2.24, 2.45) is 0 Å². The molecule has 0 aliphatic heterocycles. The molecule has 2 nitrogen and oxygen atoms in total. The lowest BCUT2D eigenvalue weighted by Crippen LogP contribution is -2.40. The maximum atomic E-state index is 5.47. The van der Waals surface area contributed by atoms with E-state index in [1.54, 1.807) is 7.11 Å². The number of rotatable bonds is 7. The summed E-state index contributed by atoms with van der Waals surface area (Å²) in [6, 6.07) is 0.373. The van der Waals surface area contributed by atoms with E-state index >= 15 is 0 Å². The van der Waals surface area contributed by atoms with Crippen LogP contribution in [0.15, 0.2) is 0 Å². The minimum Gasteiger partial charge on any atom is -0.380 e. The number of methoxy groups -OCH3 is 1. The number of likely N-dealkylation sites (N-methyl/N-ethyl adjacent to an activating group) is 1. The van der Waals surface area contributed by atoms with Crippen LogP contribution >= 0.6 is 0 Å². The number of hydrogen-bond acceptors (Lipinski definition) is 2. The Balaban J connectivity index is 4.15. The lowest BCUT2D eigenvalue weighted by molar-refractivity contribution is 0.0628. The van der Waals surface area contributed by atoms with Gasteiger partial charge in [-0.25, -0.2) is 0 Å². The molecule has 0 aromatic heterocycles. The van der Waals surface area contributed by atoms with Crippen molar-refractivity contribution >= 4 is 0 Å². The van der Waals surface area contributed by atoms with Crippen LogP contribution < -0.4 is 5.32 Å². The highest BCUT2D eigenvalue weighted by Gasteiger charge is 2.18. The van der Waals surface area contributed by atoms with Gasteiger partial charge >= 0.3 is 0 Å². The van der Waals surface area contributed by atoms with E-state index in [9.17, 15) is 0 Å². The highest BCUT2D eigenvalue weighted by atomic mass is 16.5. The zero-order valence-corrected chi connectivity index (χ0v) is 9.89. The minimum atomic E-state index is 0.292.